The second-order valence-corrected chi connectivity index (χ2v) is 5.68. The first-order valence-corrected chi connectivity index (χ1v) is 6.32. The molecule has 5 nitrogen and oxygen atoms in total. The van der Waals surface area contributed by atoms with E-state index in [-0.39, 0.29) is 11.6 Å². The van der Waals surface area contributed by atoms with Gasteiger partial charge in [0.15, 0.2) is 0 Å². The van der Waals surface area contributed by atoms with E-state index in [1.54, 1.807) is 19.0 Å². The number of fused-ring (bicyclic) bond motifs is 1. The number of nitrogens with zero attached hydrogens (tertiary/aromatic N) is 3. The van der Waals surface area contributed by atoms with Gasteiger partial charge in [-0.25, -0.2) is 4.79 Å². The van der Waals surface area contributed by atoms with Gasteiger partial charge < -0.3 is 9.80 Å². The predicted molar refractivity (Wildman–Crippen MR) is 65.7 cm³/mol. The Morgan fingerprint density at radius 1 is 1.35 bits per heavy atom. The number of rotatable bonds is 2. The topological polar surface area (TPSA) is 53.0 Å². The molecule has 17 heavy (non-hydrogen) atoms. The van der Waals surface area contributed by atoms with Crippen LogP contribution in [-0.4, -0.2) is 48.6 Å². The van der Waals surface area contributed by atoms with Gasteiger partial charge in [0.25, 0.3) is 0 Å². The van der Waals surface area contributed by atoms with E-state index in [1.807, 2.05) is 11.8 Å². The van der Waals surface area contributed by atoms with Gasteiger partial charge in [-0.05, 0) is 31.1 Å². The van der Waals surface area contributed by atoms with E-state index in [0.717, 1.165) is 32.4 Å². The average Bonchev–Trinajstić information content (AvgIpc) is 2.83. The molecule has 1 saturated carbocycles. The van der Waals surface area contributed by atoms with Crippen LogP contribution in [0.5, 0.6) is 0 Å². The van der Waals surface area contributed by atoms with Crippen molar-refractivity contribution in [3.8, 4) is 0 Å². The van der Waals surface area contributed by atoms with E-state index in [9.17, 15) is 9.70 Å². The Balaban J connectivity index is 2.00. The second kappa shape index (κ2) is 4.27. The molecule has 2 rings (SSSR count). The molecule has 0 N–H and O–H groups in total. The van der Waals surface area contributed by atoms with E-state index in [1.165, 1.54) is 0 Å². The first-order chi connectivity index (χ1) is 8.01. The van der Waals surface area contributed by atoms with E-state index < -0.39 is 0 Å². The molecule has 1 heterocycles. The van der Waals surface area contributed by atoms with Crippen molar-refractivity contribution >= 4 is 6.03 Å². The number of carbonyl (C=O) groups is 1. The van der Waals surface area contributed by atoms with Gasteiger partial charge in [0, 0.05) is 27.2 Å². The van der Waals surface area contributed by atoms with Crippen molar-refractivity contribution in [3.05, 3.63) is 4.91 Å². The van der Waals surface area contributed by atoms with Gasteiger partial charge in [0.05, 0.1) is 0 Å². The lowest BCUT2D eigenvalue weighted by atomic mass is 9.93. The van der Waals surface area contributed by atoms with Crippen molar-refractivity contribution in [1.29, 1.82) is 0 Å². The molecular weight excluding hydrogens is 218 g/mol. The number of urea groups is 1. The van der Waals surface area contributed by atoms with Crippen LogP contribution in [0.15, 0.2) is 5.18 Å². The monoisotopic (exact) mass is 239 g/mol. The first-order valence-electron chi connectivity index (χ1n) is 6.32. The Hall–Kier alpha value is -1.13. The Kier molecular flexibility index (Phi) is 3.10. The molecule has 0 radical (unpaired) electrons. The Labute approximate surface area is 102 Å². The summed E-state index contributed by atoms with van der Waals surface area (Å²) in [4.78, 5) is 26.3. The first kappa shape index (κ1) is 12.3. The highest BCUT2D eigenvalue weighted by Gasteiger charge is 2.50. The van der Waals surface area contributed by atoms with Crippen LogP contribution in [0.2, 0.25) is 0 Å². The highest BCUT2D eigenvalue weighted by Crippen LogP contribution is 2.47. The van der Waals surface area contributed by atoms with E-state index in [0.29, 0.717) is 11.8 Å². The van der Waals surface area contributed by atoms with Crippen molar-refractivity contribution in [2.75, 3.05) is 27.2 Å². The number of carbonyl (C=O) groups excluding carboxylic acids is 1. The van der Waals surface area contributed by atoms with Gasteiger partial charge in [0.1, 0.15) is 5.54 Å². The number of amides is 2. The van der Waals surface area contributed by atoms with Crippen molar-refractivity contribution < 1.29 is 4.79 Å². The summed E-state index contributed by atoms with van der Waals surface area (Å²) in [6, 6.07) is 0.0839. The maximum atomic E-state index is 11.8. The van der Waals surface area contributed by atoms with Crippen LogP contribution in [0.3, 0.4) is 0 Å². The zero-order chi connectivity index (χ0) is 12.6. The standard InChI is InChI=1S/C12H21N3O2/c1-4-12(13-17)5-9-7-15(8-10(9)6-12)11(16)14(2)3/h9-10H,4-8H2,1-3H3/t9-,10+,12-. The quantitative estimate of drug-likeness (QED) is 0.691. The van der Waals surface area contributed by atoms with Gasteiger partial charge in [-0.3, -0.25) is 0 Å². The Morgan fingerprint density at radius 3 is 2.24 bits per heavy atom. The molecule has 2 aliphatic rings. The number of nitroso groups, excluding NO2 is 1. The number of likely N-dealkylation sites (tertiary alicyclic amines) is 1. The third-order valence-electron chi connectivity index (χ3n) is 4.37. The van der Waals surface area contributed by atoms with Gasteiger partial charge in [-0.2, -0.15) is 4.91 Å². The Morgan fingerprint density at radius 2 is 1.88 bits per heavy atom. The molecule has 1 aliphatic heterocycles. The predicted octanol–water partition coefficient (Wildman–Crippen LogP) is 1.93. The van der Waals surface area contributed by atoms with Crippen LogP contribution in [-0.2, 0) is 0 Å². The van der Waals surface area contributed by atoms with Crippen molar-refractivity contribution in [1.82, 2.24) is 9.80 Å². The third kappa shape index (κ3) is 2.03. The molecule has 0 aromatic heterocycles. The second-order valence-electron chi connectivity index (χ2n) is 5.68. The van der Waals surface area contributed by atoms with Crippen LogP contribution in [0.1, 0.15) is 26.2 Å². The van der Waals surface area contributed by atoms with E-state index in [4.69, 9.17) is 0 Å². The molecule has 5 heteroatoms. The lowest BCUT2D eigenvalue weighted by Gasteiger charge is -2.25. The summed E-state index contributed by atoms with van der Waals surface area (Å²) in [5.74, 6) is 0.938. The van der Waals surface area contributed by atoms with E-state index >= 15 is 0 Å². The highest BCUT2D eigenvalue weighted by molar-refractivity contribution is 5.74. The van der Waals surface area contributed by atoms with Crippen LogP contribution in [0, 0.1) is 16.7 Å². The highest BCUT2D eigenvalue weighted by atomic mass is 16.3. The molecule has 2 fully saturated rings. The summed E-state index contributed by atoms with van der Waals surface area (Å²) in [5.41, 5.74) is -0.345. The molecule has 2 amide bonds. The van der Waals surface area contributed by atoms with Crippen molar-refractivity contribution in [2.45, 2.75) is 31.7 Å². The lowest BCUT2D eigenvalue weighted by Crippen LogP contribution is -2.39. The summed E-state index contributed by atoms with van der Waals surface area (Å²) >= 11 is 0. The zero-order valence-electron chi connectivity index (χ0n) is 10.8. The number of hydrogen-bond acceptors (Lipinski definition) is 3. The van der Waals surface area contributed by atoms with Crippen LogP contribution >= 0.6 is 0 Å². The van der Waals surface area contributed by atoms with Crippen LogP contribution in [0.4, 0.5) is 4.79 Å². The van der Waals surface area contributed by atoms with Gasteiger partial charge in [-0.15, -0.1) is 0 Å². The summed E-state index contributed by atoms with van der Waals surface area (Å²) < 4.78 is 0. The molecule has 96 valence electrons. The fourth-order valence-corrected chi connectivity index (χ4v) is 3.33. The molecular formula is C12H21N3O2. The fraction of sp³-hybridized carbons (Fsp3) is 0.917. The minimum Gasteiger partial charge on any atom is -0.331 e. The maximum absolute atomic E-state index is 11.8. The molecule has 3 atom stereocenters. The molecule has 0 aromatic carbocycles. The Bertz CT molecular complexity index is 316. The smallest absolute Gasteiger partial charge is 0.319 e. The molecule has 0 aromatic rings. The largest absolute Gasteiger partial charge is 0.331 e. The summed E-state index contributed by atoms with van der Waals surface area (Å²) in [6.45, 7) is 3.61. The zero-order valence-corrected chi connectivity index (χ0v) is 10.8. The normalized spacial score (nSPS) is 35.8. The van der Waals surface area contributed by atoms with Crippen LogP contribution < -0.4 is 0 Å². The SMILES string of the molecule is CC[C@]1(N=O)C[C@H]2CN(C(=O)N(C)C)C[C@H]2C1. The van der Waals surface area contributed by atoms with Crippen molar-refractivity contribution in [2.24, 2.45) is 17.0 Å². The third-order valence-corrected chi connectivity index (χ3v) is 4.37. The number of hydrogen-bond donors (Lipinski definition) is 0. The lowest BCUT2D eigenvalue weighted by molar-refractivity contribution is 0.176. The van der Waals surface area contributed by atoms with Gasteiger partial charge >= 0.3 is 6.03 Å². The van der Waals surface area contributed by atoms with E-state index in [2.05, 4.69) is 5.18 Å². The molecule has 1 saturated heterocycles. The molecule has 0 bridgehead atoms. The summed E-state index contributed by atoms with van der Waals surface area (Å²) in [7, 11) is 3.56. The molecule has 1 aliphatic carbocycles. The molecule has 0 unspecified atom stereocenters. The van der Waals surface area contributed by atoms with Crippen LogP contribution in [0.25, 0.3) is 0 Å². The van der Waals surface area contributed by atoms with Gasteiger partial charge in [0.2, 0.25) is 0 Å². The minimum absolute atomic E-state index is 0.0839. The average molecular weight is 239 g/mol. The fourth-order valence-electron chi connectivity index (χ4n) is 3.33. The molecule has 0 spiro atoms. The van der Waals surface area contributed by atoms with Crippen molar-refractivity contribution in [3.63, 3.8) is 0 Å². The van der Waals surface area contributed by atoms with Gasteiger partial charge in [-0.1, -0.05) is 12.1 Å². The summed E-state index contributed by atoms with van der Waals surface area (Å²) in [6.07, 6.45) is 2.54. The maximum Gasteiger partial charge on any atom is 0.319 e. The summed E-state index contributed by atoms with van der Waals surface area (Å²) in [5, 5.41) is 3.36. The minimum atomic E-state index is -0.345.